The van der Waals surface area contributed by atoms with Gasteiger partial charge in [-0.2, -0.15) is 13.2 Å². The molecule has 0 saturated carbocycles. The summed E-state index contributed by atoms with van der Waals surface area (Å²) in [6, 6.07) is 0. The van der Waals surface area contributed by atoms with Gasteiger partial charge in [0, 0.05) is 12.2 Å². The van der Waals surface area contributed by atoms with Crippen molar-refractivity contribution in [2.45, 2.75) is 38.7 Å². The smallest absolute Gasteiger partial charge is 0.405 e. The van der Waals surface area contributed by atoms with E-state index in [-0.39, 0.29) is 12.2 Å². The molecule has 0 aromatic rings. The number of alkyl halides is 3. The SMILES string of the molecule is C=C(B1OC(C)CC(C)O1)C(F)(F)F. The van der Waals surface area contributed by atoms with E-state index in [0.717, 1.165) is 0 Å². The Balaban J connectivity index is 2.64. The van der Waals surface area contributed by atoms with Crippen LogP contribution >= 0.6 is 0 Å². The molecule has 0 aromatic carbocycles. The monoisotopic (exact) mass is 208 g/mol. The maximum Gasteiger partial charge on any atom is 0.498 e. The average Bonchev–Trinajstić information content (AvgIpc) is 1.99. The standard InChI is InChI=1S/C8H12BF3O2/c1-5-4-6(2)14-9(13-5)7(3)8(10,11)12/h5-6H,3-4H2,1-2H3. The van der Waals surface area contributed by atoms with E-state index in [0.29, 0.717) is 6.42 Å². The molecule has 0 spiro atoms. The van der Waals surface area contributed by atoms with Gasteiger partial charge < -0.3 is 9.31 Å². The minimum atomic E-state index is -4.46. The summed E-state index contributed by atoms with van der Waals surface area (Å²) in [5.41, 5.74) is -0.976. The number of halogens is 3. The molecule has 1 fully saturated rings. The zero-order valence-corrected chi connectivity index (χ0v) is 8.10. The molecule has 0 N–H and O–H groups in total. The third-order valence-electron chi connectivity index (χ3n) is 2.02. The van der Waals surface area contributed by atoms with E-state index >= 15 is 0 Å². The summed E-state index contributed by atoms with van der Waals surface area (Å²) in [6.07, 6.45) is -4.32. The molecule has 0 aliphatic carbocycles. The first-order valence-electron chi connectivity index (χ1n) is 4.37. The second-order valence-corrected chi connectivity index (χ2v) is 3.48. The Morgan fingerprint density at radius 3 is 2.07 bits per heavy atom. The van der Waals surface area contributed by atoms with E-state index in [1.807, 2.05) is 0 Å². The van der Waals surface area contributed by atoms with Gasteiger partial charge in [-0.15, -0.1) is 0 Å². The highest BCUT2D eigenvalue weighted by Gasteiger charge is 2.45. The topological polar surface area (TPSA) is 18.5 Å². The lowest BCUT2D eigenvalue weighted by atomic mass is 9.76. The largest absolute Gasteiger partial charge is 0.498 e. The quantitative estimate of drug-likeness (QED) is 0.615. The van der Waals surface area contributed by atoms with E-state index in [1.165, 1.54) is 0 Å². The summed E-state index contributed by atoms with van der Waals surface area (Å²) < 4.78 is 46.7. The van der Waals surface area contributed by atoms with E-state index in [4.69, 9.17) is 9.31 Å². The summed E-state index contributed by atoms with van der Waals surface area (Å²) in [5.74, 6) is 0. The Labute approximate surface area is 81.2 Å². The predicted octanol–water partition coefficient (Wildman–Crippen LogP) is 2.35. The Morgan fingerprint density at radius 2 is 1.71 bits per heavy atom. The maximum absolute atomic E-state index is 12.2. The molecule has 1 aliphatic heterocycles. The van der Waals surface area contributed by atoms with Crippen molar-refractivity contribution in [1.29, 1.82) is 0 Å². The highest BCUT2D eigenvalue weighted by atomic mass is 19.4. The molecule has 6 heteroatoms. The van der Waals surface area contributed by atoms with Gasteiger partial charge in [0.2, 0.25) is 0 Å². The molecule has 1 rings (SSSR count). The average molecular weight is 208 g/mol. The van der Waals surface area contributed by atoms with Crippen molar-refractivity contribution < 1.29 is 22.5 Å². The summed E-state index contributed by atoms with van der Waals surface area (Å²) in [5, 5.41) is 0. The van der Waals surface area contributed by atoms with Crippen molar-refractivity contribution in [3.8, 4) is 0 Å². The summed E-state index contributed by atoms with van der Waals surface area (Å²) in [7, 11) is -1.35. The predicted molar refractivity (Wildman–Crippen MR) is 46.7 cm³/mol. The van der Waals surface area contributed by atoms with Gasteiger partial charge in [-0.1, -0.05) is 6.58 Å². The molecule has 0 aromatic heterocycles. The maximum atomic E-state index is 12.2. The van der Waals surface area contributed by atoms with E-state index in [2.05, 4.69) is 6.58 Å². The lowest BCUT2D eigenvalue weighted by Gasteiger charge is -2.31. The zero-order chi connectivity index (χ0) is 10.9. The van der Waals surface area contributed by atoms with Crippen LogP contribution in [0, 0.1) is 0 Å². The molecule has 2 nitrogen and oxygen atoms in total. The summed E-state index contributed by atoms with van der Waals surface area (Å²) >= 11 is 0. The van der Waals surface area contributed by atoms with E-state index < -0.39 is 18.8 Å². The third kappa shape index (κ3) is 2.75. The van der Waals surface area contributed by atoms with Gasteiger partial charge >= 0.3 is 13.3 Å². The first-order valence-corrected chi connectivity index (χ1v) is 4.37. The first-order chi connectivity index (χ1) is 6.30. The highest BCUT2D eigenvalue weighted by molar-refractivity contribution is 6.54. The fourth-order valence-corrected chi connectivity index (χ4v) is 1.33. The molecular weight excluding hydrogens is 196 g/mol. The van der Waals surface area contributed by atoms with Crippen molar-refractivity contribution in [3.05, 3.63) is 12.1 Å². The van der Waals surface area contributed by atoms with Crippen LogP contribution in [0.15, 0.2) is 12.1 Å². The van der Waals surface area contributed by atoms with Crippen molar-refractivity contribution in [2.75, 3.05) is 0 Å². The Hall–Kier alpha value is -0.485. The van der Waals surface area contributed by atoms with Crippen LogP contribution in [0.4, 0.5) is 13.2 Å². The van der Waals surface area contributed by atoms with Crippen molar-refractivity contribution in [1.82, 2.24) is 0 Å². The van der Waals surface area contributed by atoms with Gasteiger partial charge in [0.25, 0.3) is 0 Å². The van der Waals surface area contributed by atoms with Crippen molar-refractivity contribution >= 4 is 7.12 Å². The fourth-order valence-electron chi connectivity index (χ4n) is 1.33. The van der Waals surface area contributed by atoms with E-state index in [1.54, 1.807) is 13.8 Å². The van der Waals surface area contributed by atoms with Crippen molar-refractivity contribution in [2.24, 2.45) is 0 Å². The molecule has 1 heterocycles. The lowest BCUT2D eigenvalue weighted by molar-refractivity contribution is -0.0915. The molecule has 0 bridgehead atoms. The van der Waals surface area contributed by atoms with Crippen LogP contribution in [0.3, 0.4) is 0 Å². The molecule has 1 aliphatic rings. The third-order valence-corrected chi connectivity index (χ3v) is 2.02. The molecule has 0 radical (unpaired) electrons. The zero-order valence-electron chi connectivity index (χ0n) is 8.10. The Bertz CT molecular complexity index is 219. The number of rotatable bonds is 1. The van der Waals surface area contributed by atoms with Crippen LogP contribution in [0.25, 0.3) is 0 Å². The molecule has 2 unspecified atom stereocenters. The summed E-state index contributed by atoms with van der Waals surface area (Å²) in [6.45, 7) is 6.38. The minimum absolute atomic E-state index is 0.233. The highest BCUT2D eigenvalue weighted by Crippen LogP contribution is 2.30. The fraction of sp³-hybridized carbons (Fsp3) is 0.750. The molecule has 0 amide bonds. The first kappa shape index (κ1) is 11.6. The van der Waals surface area contributed by atoms with Crippen LogP contribution in [-0.4, -0.2) is 25.5 Å². The van der Waals surface area contributed by atoms with Crippen LogP contribution in [-0.2, 0) is 9.31 Å². The van der Waals surface area contributed by atoms with Crippen LogP contribution < -0.4 is 0 Å². The van der Waals surface area contributed by atoms with Gasteiger partial charge in [0.1, 0.15) is 0 Å². The Morgan fingerprint density at radius 1 is 1.29 bits per heavy atom. The van der Waals surface area contributed by atoms with E-state index in [9.17, 15) is 13.2 Å². The second kappa shape index (κ2) is 3.94. The van der Waals surface area contributed by atoms with Crippen LogP contribution in [0.1, 0.15) is 20.3 Å². The van der Waals surface area contributed by atoms with Gasteiger partial charge in [-0.3, -0.25) is 0 Å². The number of hydrogen-bond acceptors (Lipinski definition) is 2. The second-order valence-electron chi connectivity index (χ2n) is 3.48. The molecule has 1 saturated heterocycles. The number of hydrogen-bond donors (Lipinski definition) is 0. The van der Waals surface area contributed by atoms with Crippen molar-refractivity contribution in [3.63, 3.8) is 0 Å². The Kier molecular flexibility index (Phi) is 3.26. The van der Waals surface area contributed by atoms with Gasteiger partial charge in [0.15, 0.2) is 0 Å². The molecule has 80 valence electrons. The van der Waals surface area contributed by atoms with Crippen LogP contribution in [0.2, 0.25) is 0 Å². The lowest BCUT2D eigenvalue weighted by Crippen LogP contribution is -2.43. The van der Waals surface area contributed by atoms with Gasteiger partial charge in [0.05, 0.1) is 5.47 Å². The summed E-state index contributed by atoms with van der Waals surface area (Å²) in [4.78, 5) is 0. The van der Waals surface area contributed by atoms with Crippen LogP contribution in [0.5, 0.6) is 0 Å². The number of allylic oxidation sites excluding steroid dienone is 1. The van der Waals surface area contributed by atoms with Gasteiger partial charge in [-0.25, -0.2) is 0 Å². The molecule has 2 atom stereocenters. The molecular formula is C8H12BF3O2. The van der Waals surface area contributed by atoms with Gasteiger partial charge in [-0.05, 0) is 20.3 Å². The minimum Gasteiger partial charge on any atom is -0.405 e. The molecule has 14 heavy (non-hydrogen) atoms. The normalized spacial score (nSPS) is 29.1.